The Labute approximate surface area is 103 Å². The average molecular weight is 236 g/mol. The lowest BCUT2D eigenvalue weighted by Gasteiger charge is -2.03. The van der Waals surface area contributed by atoms with Crippen LogP contribution in [0.25, 0.3) is 0 Å². The number of unbranched alkanes of at least 4 members (excludes halogenated alkanes) is 1. The summed E-state index contributed by atoms with van der Waals surface area (Å²) in [7, 11) is 0. The van der Waals surface area contributed by atoms with Gasteiger partial charge in [-0.1, -0.05) is 13.3 Å². The van der Waals surface area contributed by atoms with Gasteiger partial charge in [-0.25, -0.2) is 4.79 Å². The normalized spacial score (nSPS) is 10.3. The number of carbonyl (C=O) groups is 1. The third-order valence-corrected chi connectivity index (χ3v) is 2.74. The number of esters is 1. The van der Waals surface area contributed by atoms with E-state index in [-0.39, 0.29) is 5.97 Å². The maximum absolute atomic E-state index is 11.4. The summed E-state index contributed by atoms with van der Waals surface area (Å²) < 4.78 is 6.86. The molecule has 0 unspecified atom stereocenters. The summed E-state index contributed by atoms with van der Waals surface area (Å²) >= 11 is 0. The van der Waals surface area contributed by atoms with E-state index in [0.717, 1.165) is 12.1 Å². The van der Waals surface area contributed by atoms with Crippen molar-refractivity contribution in [3.05, 3.63) is 29.6 Å². The van der Waals surface area contributed by atoms with E-state index in [0.29, 0.717) is 13.2 Å². The van der Waals surface area contributed by atoms with Gasteiger partial charge in [0.2, 0.25) is 6.54 Å². The molecule has 0 radical (unpaired) electrons. The number of aryl methyl sites for hydroxylation is 2. The number of aromatic nitrogens is 1. The van der Waals surface area contributed by atoms with Gasteiger partial charge in [0.1, 0.15) is 0 Å². The van der Waals surface area contributed by atoms with Crippen LogP contribution in [0, 0.1) is 6.92 Å². The van der Waals surface area contributed by atoms with E-state index in [1.807, 2.05) is 24.6 Å². The van der Waals surface area contributed by atoms with Crippen LogP contribution in [0.2, 0.25) is 0 Å². The molecule has 1 heterocycles. The monoisotopic (exact) mass is 236 g/mol. The van der Waals surface area contributed by atoms with Gasteiger partial charge < -0.3 is 4.74 Å². The van der Waals surface area contributed by atoms with E-state index < -0.39 is 0 Å². The van der Waals surface area contributed by atoms with Crippen molar-refractivity contribution >= 4 is 5.97 Å². The van der Waals surface area contributed by atoms with Crippen LogP contribution < -0.4 is 4.57 Å². The molecule has 1 rings (SSSR count). The summed E-state index contributed by atoms with van der Waals surface area (Å²) in [6.07, 6.45) is 5.49. The largest absolute Gasteiger partial charge is 0.461 e. The van der Waals surface area contributed by atoms with Crippen molar-refractivity contribution in [3.63, 3.8) is 0 Å². The minimum absolute atomic E-state index is 0.179. The zero-order chi connectivity index (χ0) is 12.7. The molecule has 94 valence electrons. The smallest absolute Gasteiger partial charge is 0.372 e. The Hall–Kier alpha value is -1.38. The van der Waals surface area contributed by atoms with Crippen LogP contribution in [0.1, 0.15) is 37.9 Å². The summed E-state index contributed by atoms with van der Waals surface area (Å²) in [6, 6.07) is 4.23. The first-order chi connectivity index (χ1) is 8.17. The van der Waals surface area contributed by atoms with Crippen molar-refractivity contribution in [2.24, 2.45) is 0 Å². The minimum Gasteiger partial charge on any atom is -0.461 e. The number of hydrogen-bond acceptors (Lipinski definition) is 2. The number of hydrogen-bond donors (Lipinski definition) is 0. The Morgan fingerprint density at radius 3 is 2.76 bits per heavy atom. The summed E-state index contributed by atoms with van der Waals surface area (Å²) in [4.78, 5) is 11.4. The van der Waals surface area contributed by atoms with Crippen molar-refractivity contribution in [1.82, 2.24) is 0 Å². The van der Waals surface area contributed by atoms with Crippen molar-refractivity contribution in [1.29, 1.82) is 0 Å². The fourth-order valence-corrected chi connectivity index (χ4v) is 1.76. The van der Waals surface area contributed by atoms with Gasteiger partial charge in [0, 0.05) is 19.1 Å². The predicted molar refractivity (Wildman–Crippen MR) is 66.6 cm³/mol. The topological polar surface area (TPSA) is 30.2 Å². The molecular formula is C14H22NO2+. The molecule has 0 saturated heterocycles. The maximum Gasteiger partial charge on any atom is 0.372 e. The van der Waals surface area contributed by atoms with Crippen LogP contribution in [0.15, 0.2) is 18.3 Å². The molecule has 0 bridgehead atoms. The van der Waals surface area contributed by atoms with Crippen LogP contribution in [0.4, 0.5) is 0 Å². The molecule has 0 aliphatic heterocycles. The molecule has 1 aromatic rings. The molecule has 0 atom stereocenters. The van der Waals surface area contributed by atoms with E-state index in [2.05, 4.69) is 19.1 Å². The van der Waals surface area contributed by atoms with E-state index in [9.17, 15) is 4.79 Å². The average Bonchev–Trinajstić information content (AvgIpc) is 2.30. The third-order valence-electron chi connectivity index (χ3n) is 2.74. The summed E-state index contributed by atoms with van der Waals surface area (Å²) in [6.45, 7) is 6.77. The van der Waals surface area contributed by atoms with Gasteiger partial charge in [0.25, 0.3) is 0 Å². The zero-order valence-corrected chi connectivity index (χ0v) is 11.0. The first kappa shape index (κ1) is 13.7. The van der Waals surface area contributed by atoms with Crippen LogP contribution in [-0.4, -0.2) is 12.6 Å². The van der Waals surface area contributed by atoms with Crippen molar-refractivity contribution in [2.45, 2.75) is 46.6 Å². The van der Waals surface area contributed by atoms with Gasteiger partial charge in [0.15, 0.2) is 11.9 Å². The predicted octanol–water partition coefficient (Wildman–Crippen LogP) is 2.19. The Morgan fingerprint density at radius 1 is 1.41 bits per heavy atom. The lowest BCUT2D eigenvalue weighted by atomic mass is 10.1. The second-order valence-electron chi connectivity index (χ2n) is 4.21. The summed E-state index contributed by atoms with van der Waals surface area (Å²) in [5.41, 5.74) is 2.44. The van der Waals surface area contributed by atoms with E-state index in [4.69, 9.17) is 4.74 Å². The molecule has 0 aliphatic carbocycles. The maximum atomic E-state index is 11.4. The lowest BCUT2D eigenvalue weighted by Crippen LogP contribution is -2.41. The minimum atomic E-state index is -0.179. The van der Waals surface area contributed by atoms with Crippen molar-refractivity contribution in [3.8, 4) is 0 Å². The second-order valence-corrected chi connectivity index (χ2v) is 4.21. The van der Waals surface area contributed by atoms with E-state index in [1.165, 1.54) is 18.4 Å². The molecule has 0 spiro atoms. The van der Waals surface area contributed by atoms with E-state index in [1.54, 1.807) is 0 Å². The first-order valence-corrected chi connectivity index (χ1v) is 6.32. The highest BCUT2D eigenvalue weighted by Crippen LogP contribution is 2.04. The van der Waals surface area contributed by atoms with E-state index >= 15 is 0 Å². The molecule has 1 aromatic heterocycles. The standard InChI is InChI=1S/C14H22NO2/c1-4-6-7-13-8-9-15(12(3)10-13)11-14(16)17-5-2/h8-10H,4-7,11H2,1-3H3/q+1. The van der Waals surface area contributed by atoms with Gasteiger partial charge in [0.05, 0.1) is 6.61 Å². The zero-order valence-electron chi connectivity index (χ0n) is 11.0. The quantitative estimate of drug-likeness (QED) is 0.560. The SMILES string of the molecule is CCCCc1cc[n+](CC(=O)OCC)c(C)c1. The first-order valence-electron chi connectivity index (χ1n) is 6.32. The Morgan fingerprint density at radius 2 is 2.18 bits per heavy atom. The van der Waals surface area contributed by atoms with Crippen molar-refractivity contribution in [2.75, 3.05) is 6.61 Å². The second kappa shape index (κ2) is 7.05. The molecule has 0 aromatic carbocycles. The molecule has 3 nitrogen and oxygen atoms in total. The van der Waals surface area contributed by atoms with Gasteiger partial charge in [-0.15, -0.1) is 0 Å². The lowest BCUT2D eigenvalue weighted by molar-refractivity contribution is -0.692. The van der Waals surface area contributed by atoms with Crippen LogP contribution in [-0.2, 0) is 22.5 Å². The fraction of sp³-hybridized carbons (Fsp3) is 0.571. The molecular weight excluding hydrogens is 214 g/mol. The van der Waals surface area contributed by atoms with Crippen LogP contribution >= 0.6 is 0 Å². The van der Waals surface area contributed by atoms with Gasteiger partial charge in [-0.05, 0) is 25.3 Å². The molecule has 0 fully saturated rings. The van der Waals surface area contributed by atoms with Crippen LogP contribution in [0.5, 0.6) is 0 Å². The molecule has 3 heteroatoms. The molecule has 0 N–H and O–H groups in total. The Bertz CT molecular complexity index is 374. The summed E-state index contributed by atoms with van der Waals surface area (Å²) in [5, 5.41) is 0. The highest BCUT2D eigenvalue weighted by molar-refractivity contribution is 5.67. The van der Waals surface area contributed by atoms with Gasteiger partial charge >= 0.3 is 5.97 Å². The fourth-order valence-electron chi connectivity index (χ4n) is 1.76. The van der Waals surface area contributed by atoms with Gasteiger partial charge in [-0.3, -0.25) is 0 Å². The number of pyridine rings is 1. The van der Waals surface area contributed by atoms with Gasteiger partial charge in [-0.2, -0.15) is 4.57 Å². The number of nitrogens with zero attached hydrogens (tertiary/aromatic N) is 1. The van der Waals surface area contributed by atoms with Crippen LogP contribution in [0.3, 0.4) is 0 Å². The third kappa shape index (κ3) is 4.55. The molecule has 0 amide bonds. The number of rotatable bonds is 6. The number of carbonyl (C=O) groups excluding carboxylic acids is 1. The highest BCUT2D eigenvalue weighted by Gasteiger charge is 2.13. The molecule has 0 aliphatic rings. The number of ether oxygens (including phenoxy) is 1. The Balaban J connectivity index is 2.65. The molecule has 0 saturated carbocycles. The van der Waals surface area contributed by atoms with Crippen molar-refractivity contribution < 1.29 is 14.1 Å². The highest BCUT2D eigenvalue weighted by atomic mass is 16.5. The Kier molecular flexibility index (Phi) is 5.67. The molecule has 17 heavy (non-hydrogen) atoms. The summed E-state index contributed by atoms with van der Waals surface area (Å²) in [5.74, 6) is -0.179.